The molecule has 0 saturated heterocycles. The third-order valence-electron chi connectivity index (χ3n) is 2.72. The molecule has 0 spiro atoms. The first kappa shape index (κ1) is 14.2. The van der Waals surface area contributed by atoms with Gasteiger partial charge in [0, 0.05) is 16.9 Å². The summed E-state index contributed by atoms with van der Waals surface area (Å²) in [5.41, 5.74) is 4.35. The van der Waals surface area contributed by atoms with Crippen LogP contribution in [0.15, 0.2) is 42.5 Å². The van der Waals surface area contributed by atoms with Gasteiger partial charge in [0.05, 0.1) is 12.1 Å². The number of nitrogen functional groups attached to an aromatic ring is 1. The first-order valence-corrected chi connectivity index (χ1v) is 6.23. The highest BCUT2D eigenvalue weighted by Gasteiger charge is 2.08. The lowest BCUT2D eigenvalue weighted by Crippen LogP contribution is -2.12. The summed E-state index contributed by atoms with van der Waals surface area (Å²) >= 11 is 6.00. The smallest absolute Gasteiger partial charge is 0.255 e. The van der Waals surface area contributed by atoms with E-state index in [1.54, 1.807) is 42.5 Å². The maximum Gasteiger partial charge on any atom is 0.255 e. The van der Waals surface area contributed by atoms with Gasteiger partial charge in [0.25, 0.3) is 5.91 Å². The quantitative estimate of drug-likeness (QED) is 0.598. The molecule has 20 heavy (non-hydrogen) atoms. The third-order valence-corrected chi connectivity index (χ3v) is 3.02. The van der Waals surface area contributed by atoms with E-state index < -0.39 is 0 Å². The van der Waals surface area contributed by atoms with Gasteiger partial charge in [0.1, 0.15) is 5.75 Å². The minimum atomic E-state index is -0.227. The number of hydrogen-bond donors (Lipinski definition) is 3. The fourth-order valence-corrected chi connectivity index (χ4v) is 1.92. The molecule has 0 radical (unpaired) electrons. The lowest BCUT2D eigenvalue weighted by atomic mass is 10.2. The van der Waals surface area contributed by atoms with E-state index in [0.717, 1.165) is 5.69 Å². The van der Waals surface area contributed by atoms with Crippen LogP contribution in [-0.4, -0.2) is 13.0 Å². The fraction of sp³-hybridized carbons (Fsp3) is 0.0714. The van der Waals surface area contributed by atoms with Gasteiger partial charge < -0.3 is 15.5 Å². The van der Waals surface area contributed by atoms with Crippen LogP contribution >= 0.6 is 11.6 Å². The summed E-state index contributed by atoms with van der Waals surface area (Å²) in [6.07, 6.45) is 0. The molecule has 4 N–H and O–H groups in total. The molecule has 0 fully saturated rings. The van der Waals surface area contributed by atoms with Gasteiger partial charge in [0.15, 0.2) is 0 Å². The highest BCUT2D eigenvalue weighted by Crippen LogP contribution is 2.27. The van der Waals surface area contributed by atoms with Crippen LogP contribution in [0.4, 0.5) is 11.4 Å². The Morgan fingerprint density at radius 2 is 1.80 bits per heavy atom. The molecule has 0 heterocycles. The van der Waals surface area contributed by atoms with Crippen LogP contribution in [0.5, 0.6) is 5.75 Å². The molecule has 2 aromatic carbocycles. The maximum atomic E-state index is 12.0. The SMILES string of the molecule is COc1ccc(NC(=O)c2ccc(NN)cc2)cc1Cl. The Morgan fingerprint density at radius 3 is 2.35 bits per heavy atom. The minimum absolute atomic E-state index is 0.227. The van der Waals surface area contributed by atoms with E-state index in [0.29, 0.717) is 22.0 Å². The molecule has 0 saturated carbocycles. The van der Waals surface area contributed by atoms with Crippen LogP contribution in [0.25, 0.3) is 0 Å². The normalized spacial score (nSPS) is 9.95. The number of rotatable bonds is 4. The molecule has 2 aromatic rings. The molecule has 1 amide bonds. The average molecular weight is 292 g/mol. The Kier molecular flexibility index (Phi) is 4.45. The van der Waals surface area contributed by atoms with Crippen LogP contribution in [0, 0.1) is 0 Å². The molecule has 0 bridgehead atoms. The second kappa shape index (κ2) is 6.27. The number of nitrogens with one attached hydrogen (secondary N) is 2. The monoisotopic (exact) mass is 291 g/mol. The Bertz CT molecular complexity index is 614. The summed E-state index contributed by atoms with van der Waals surface area (Å²) in [5, 5.41) is 3.20. The fourth-order valence-electron chi connectivity index (χ4n) is 1.67. The average Bonchev–Trinajstić information content (AvgIpc) is 2.47. The summed E-state index contributed by atoms with van der Waals surface area (Å²) in [6.45, 7) is 0. The molecule has 0 atom stereocenters. The van der Waals surface area contributed by atoms with Crippen molar-refractivity contribution in [3.63, 3.8) is 0 Å². The molecule has 5 nitrogen and oxygen atoms in total. The zero-order valence-electron chi connectivity index (χ0n) is 10.8. The van der Waals surface area contributed by atoms with E-state index in [1.807, 2.05) is 0 Å². The molecule has 0 aliphatic rings. The number of hydrazine groups is 1. The molecule has 0 aliphatic carbocycles. The van der Waals surface area contributed by atoms with Gasteiger partial charge in [-0.3, -0.25) is 10.6 Å². The van der Waals surface area contributed by atoms with Crippen LogP contribution in [0.1, 0.15) is 10.4 Å². The number of methoxy groups -OCH3 is 1. The first-order valence-electron chi connectivity index (χ1n) is 5.85. The van der Waals surface area contributed by atoms with Crippen LogP contribution in [-0.2, 0) is 0 Å². The molecule has 0 aliphatic heterocycles. The van der Waals surface area contributed by atoms with Gasteiger partial charge in [-0.2, -0.15) is 0 Å². The Labute approximate surface area is 121 Å². The summed E-state index contributed by atoms with van der Waals surface area (Å²) < 4.78 is 5.05. The van der Waals surface area contributed by atoms with Crippen LogP contribution in [0.3, 0.4) is 0 Å². The summed E-state index contributed by atoms with van der Waals surface area (Å²) in [4.78, 5) is 12.0. The molecule has 2 rings (SSSR count). The van der Waals surface area contributed by atoms with Crippen molar-refractivity contribution in [2.45, 2.75) is 0 Å². The van der Waals surface area contributed by atoms with Crippen LogP contribution in [0.2, 0.25) is 5.02 Å². The zero-order valence-corrected chi connectivity index (χ0v) is 11.6. The molecule has 0 aromatic heterocycles. The van der Waals surface area contributed by atoms with Gasteiger partial charge >= 0.3 is 0 Å². The van der Waals surface area contributed by atoms with Crippen molar-refractivity contribution in [3.05, 3.63) is 53.1 Å². The maximum absolute atomic E-state index is 12.0. The van der Waals surface area contributed by atoms with Crippen molar-refractivity contribution >= 4 is 28.9 Å². The lowest BCUT2D eigenvalue weighted by Gasteiger charge is -2.08. The summed E-state index contributed by atoms with van der Waals surface area (Å²) in [6, 6.07) is 11.8. The highest BCUT2D eigenvalue weighted by atomic mass is 35.5. The largest absolute Gasteiger partial charge is 0.495 e. The van der Waals surface area contributed by atoms with E-state index in [-0.39, 0.29) is 5.91 Å². The number of carbonyl (C=O) groups is 1. The molecule has 104 valence electrons. The topological polar surface area (TPSA) is 76.4 Å². The van der Waals surface area contributed by atoms with Crippen molar-refractivity contribution in [2.75, 3.05) is 17.9 Å². The van der Waals surface area contributed by atoms with E-state index in [4.69, 9.17) is 22.2 Å². The molecular weight excluding hydrogens is 278 g/mol. The molecular formula is C14H14ClN3O2. The zero-order chi connectivity index (χ0) is 14.5. The number of nitrogens with two attached hydrogens (primary N) is 1. The lowest BCUT2D eigenvalue weighted by molar-refractivity contribution is 0.102. The minimum Gasteiger partial charge on any atom is -0.495 e. The Balaban J connectivity index is 2.12. The Hall–Kier alpha value is -2.24. The van der Waals surface area contributed by atoms with E-state index in [1.165, 1.54) is 7.11 Å². The van der Waals surface area contributed by atoms with Crippen molar-refractivity contribution in [3.8, 4) is 5.75 Å². The predicted molar refractivity (Wildman–Crippen MR) is 80.2 cm³/mol. The number of halogens is 1. The van der Waals surface area contributed by atoms with Crippen molar-refractivity contribution in [1.29, 1.82) is 0 Å². The highest BCUT2D eigenvalue weighted by molar-refractivity contribution is 6.32. The van der Waals surface area contributed by atoms with Gasteiger partial charge in [0.2, 0.25) is 0 Å². The van der Waals surface area contributed by atoms with Crippen molar-refractivity contribution < 1.29 is 9.53 Å². The number of anilines is 2. The van der Waals surface area contributed by atoms with Gasteiger partial charge in [-0.25, -0.2) is 0 Å². The molecule has 0 unspecified atom stereocenters. The van der Waals surface area contributed by atoms with Crippen LogP contribution < -0.4 is 21.3 Å². The summed E-state index contributed by atoms with van der Waals surface area (Å²) in [7, 11) is 1.53. The van der Waals surface area contributed by atoms with E-state index in [2.05, 4.69) is 10.7 Å². The van der Waals surface area contributed by atoms with Gasteiger partial charge in [-0.1, -0.05) is 11.6 Å². The number of ether oxygens (including phenoxy) is 1. The first-order chi connectivity index (χ1) is 9.63. The number of benzene rings is 2. The van der Waals surface area contributed by atoms with Gasteiger partial charge in [-0.15, -0.1) is 0 Å². The Morgan fingerprint density at radius 1 is 1.15 bits per heavy atom. The number of amides is 1. The van der Waals surface area contributed by atoms with E-state index in [9.17, 15) is 4.79 Å². The summed E-state index contributed by atoms with van der Waals surface area (Å²) in [5.74, 6) is 5.60. The molecule has 6 heteroatoms. The standard InChI is InChI=1S/C14H14ClN3O2/c1-20-13-7-6-11(8-12(13)15)17-14(19)9-2-4-10(18-16)5-3-9/h2-8,18H,16H2,1H3,(H,17,19). The third kappa shape index (κ3) is 3.20. The predicted octanol–water partition coefficient (Wildman–Crippen LogP) is 2.89. The second-order valence-electron chi connectivity index (χ2n) is 4.03. The second-order valence-corrected chi connectivity index (χ2v) is 4.43. The van der Waals surface area contributed by atoms with Crippen molar-refractivity contribution in [2.24, 2.45) is 5.84 Å². The van der Waals surface area contributed by atoms with Gasteiger partial charge in [-0.05, 0) is 42.5 Å². The number of hydrogen-bond acceptors (Lipinski definition) is 4. The van der Waals surface area contributed by atoms with Crippen molar-refractivity contribution in [1.82, 2.24) is 0 Å². The number of carbonyl (C=O) groups excluding carboxylic acids is 1. The van der Waals surface area contributed by atoms with E-state index >= 15 is 0 Å².